The molecule has 0 bridgehead atoms. The molecule has 0 unspecified atom stereocenters. The SMILES string of the molecule is O=C(OCCOCCOC(=O)c1cc(O)c(O)c(O)c1)c1cc(O)c(O)c(O)c1. The molecule has 0 radical (unpaired) electrons. The topological polar surface area (TPSA) is 183 Å². The number of benzene rings is 2. The van der Waals surface area contributed by atoms with Gasteiger partial charge in [-0.3, -0.25) is 0 Å². The second-order valence-corrected chi connectivity index (χ2v) is 5.61. The Hall–Kier alpha value is -3.86. The Bertz CT molecular complexity index is 787. The van der Waals surface area contributed by atoms with Gasteiger partial charge in [0.05, 0.1) is 24.3 Å². The normalized spacial score (nSPS) is 10.5. The van der Waals surface area contributed by atoms with E-state index < -0.39 is 46.4 Å². The van der Waals surface area contributed by atoms with E-state index in [0.29, 0.717) is 0 Å². The molecule has 2 rings (SSSR count). The van der Waals surface area contributed by atoms with E-state index >= 15 is 0 Å². The minimum atomic E-state index is -0.863. The van der Waals surface area contributed by atoms with Crippen LogP contribution in [0, 0.1) is 0 Å². The summed E-state index contributed by atoms with van der Waals surface area (Å²) in [7, 11) is 0. The summed E-state index contributed by atoms with van der Waals surface area (Å²) in [6, 6.07) is 3.71. The Kier molecular flexibility index (Phi) is 6.93. The lowest BCUT2D eigenvalue weighted by atomic mass is 10.2. The number of phenolic OH excluding ortho intramolecular Hbond substituents is 6. The molecule has 2 aromatic carbocycles. The molecule has 0 atom stereocenters. The largest absolute Gasteiger partial charge is 0.504 e. The van der Waals surface area contributed by atoms with Crippen molar-refractivity contribution in [1.82, 2.24) is 0 Å². The first-order chi connectivity index (χ1) is 13.7. The molecular formula is C18H18O11. The Morgan fingerprint density at radius 2 is 0.897 bits per heavy atom. The van der Waals surface area contributed by atoms with Gasteiger partial charge in [-0.2, -0.15) is 0 Å². The zero-order chi connectivity index (χ0) is 21.6. The predicted octanol–water partition coefficient (Wildman–Crippen LogP) is 0.951. The van der Waals surface area contributed by atoms with Gasteiger partial charge in [0, 0.05) is 0 Å². The molecule has 0 heterocycles. The van der Waals surface area contributed by atoms with Gasteiger partial charge in [-0.1, -0.05) is 0 Å². The van der Waals surface area contributed by atoms with Crippen molar-refractivity contribution >= 4 is 11.9 Å². The molecule has 0 saturated carbocycles. The summed E-state index contributed by atoms with van der Waals surface area (Å²) in [6.07, 6.45) is 0. The fourth-order valence-electron chi connectivity index (χ4n) is 2.10. The number of carbonyl (C=O) groups excluding carboxylic acids is 2. The van der Waals surface area contributed by atoms with Gasteiger partial charge in [-0.05, 0) is 24.3 Å². The van der Waals surface area contributed by atoms with Crippen LogP contribution in [0.5, 0.6) is 34.5 Å². The molecule has 11 heteroatoms. The lowest BCUT2D eigenvalue weighted by Gasteiger charge is -2.09. The first-order valence-corrected chi connectivity index (χ1v) is 8.12. The van der Waals surface area contributed by atoms with Gasteiger partial charge in [0.2, 0.25) is 0 Å². The summed E-state index contributed by atoms with van der Waals surface area (Å²) in [6.45, 7) is -0.427. The van der Waals surface area contributed by atoms with Crippen molar-refractivity contribution in [2.75, 3.05) is 26.4 Å². The van der Waals surface area contributed by atoms with Crippen molar-refractivity contribution < 1.29 is 54.4 Å². The maximum Gasteiger partial charge on any atom is 0.338 e. The number of rotatable bonds is 8. The van der Waals surface area contributed by atoms with E-state index in [1.54, 1.807) is 0 Å². The maximum absolute atomic E-state index is 11.8. The van der Waals surface area contributed by atoms with Gasteiger partial charge in [0.25, 0.3) is 0 Å². The van der Waals surface area contributed by atoms with E-state index in [9.17, 15) is 40.2 Å². The lowest BCUT2D eigenvalue weighted by molar-refractivity contribution is 0.0150. The van der Waals surface area contributed by atoms with E-state index in [4.69, 9.17) is 14.2 Å². The first kappa shape index (κ1) is 21.4. The summed E-state index contributed by atoms with van der Waals surface area (Å²) in [5.74, 6) is -5.93. The van der Waals surface area contributed by atoms with Gasteiger partial charge >= 0.3 is 11.9 Å². The highest BCUT2D eigenvalue weighted by Gasteiger charge is 2.15. The Labute approximate surface area is 163 Å². The average molecular weight is 410 g/mol. The van der Waals surface area contributed by atoms with Gasteiger partial charge < -0.3 is 44.8 Å². The number of ether oxygens (including phenoxy) is 3. The number of carbonyl (C=O) groups is 2. The Morgan fingerprint density at radius 1 is 0.586 bits per heavy atom. The monoisotopic (exact) mass is 410 g/mol. The van der Waals surface area contributed by atoms with Crippen LogP contribution in [-0.2, 0) is 14.2 Å². The van der Waals surface area contributed by atoms with Crippen LogP contribution in [0.1, 0.15) is 20.7 Å². The summed E-state index contributed by atoms with van der Waals surface area (Å²) in [5.41, 5.74) is -0.348. The van der Waals surface area contributed by atoms with Crippen molar-refractivity contribution in [1.29, 1.82) is 0 Å². The third-order valence-corrected chi connectivity index (χ3v) is 3.53. The average Bonchev–Trinajstić information content (AvgIpc) is 2.68. The van der Waals surface area contributed by atoms with Crippen molar-refractivity contribution in [3.63, 3.8) is 0 Å². The quantitative estimate of drug-likeness (QED) is 0.207. The van der Waals surface area contributed by atoms with Gasteiger partial charge in [-0.25, -0.2) is 9.59 Å². The molecule has 11 nitrogen and oxygen atoms in total. The fraction of sp³-hybridized carbons (Fsp3) is 0.222. The van der Waals surface area contributed by atoms with Crippen molar-refractivity contribution in [2.45, 2.75) is 0 Å². The Morgan fingerprint density at radius 3 is 1.21 bits per heavy atom. The standard InChI is InChI=1S/C18H18O11/c19-11-5-9(6-12(20)15(11)23)17(25)28-3-1-27-2-4-29-18(26)10-7-13(21)16(24)14(22)8-10/h5-8,19-24H,1-4H2. The molecule has 156 valence electrons. The van der Waals surface area contributed by atoms with E-state index in [-0.39, 0.29) is 37.6 Å². The van der Waals surface area contributed by atoms with Crippen LogP contribution >= 0.6 is 0 Å². The molecule has 0 saturated heterocycles. The zero-order valence-corrected chi connectivity index (χ0v) is 14.9. The van der Waals surface area contributed by atoms with Crippen molar-refractivity contribution in [3.8, 4) is 34.5 Å². The molecule has 0 fully saturated rings. The van der Waals surface area contributed by atoms with Crippen LogP contribution < -0.4 is 0 Å². The second-order valence-electron chi connectivity index (χ2n) is 5.61. The number of aromatic hydroxyl groups is 6. The Balaban J connectivity index is 1.67. The molecule has 0 spiro atoms. The van der Waals surface area contributed by atoms with Gasteiger partial charge in [0.15, 0.2) is 34.5 Å². The van der Waals surface area contributed by atoms with Crippen LogP contribution in [0.4, 0.5) is 0 Å². The lowest BCUT2D eigenvalue weighted by Crippen LogP contribution is -2.14. The van der Waals surface area contributed by atoms with Crippen molar-refractivity contribution in [2.24, 2.45) is 0 Å². The van der Waals surface area contributed by atoms with Crippen molar-refractivity contribution in [3.05, 3.63) is 35.4 Å². The highest BCUT2D eigenvalue weighted by atomic mass is 16.6. The summed E-state index contributed by atoms with van der Waals surface area (Å²) >= 11 is 0. The molecule has 0 aliphatic carbocycles. The molecule has 6 N–H and O–H groups in total. The number of esters is 2. The fourth-order valence-corrected chi connectivity index (χ4v) is 2.10. The molecule has 2 aromatic rings. The van der Waals surface area contributed by atoms with E-state index in [1.165, 1.54) is 0 Å². The molecule has 0 aliphatic heterocycles. The molecule has 0 aliphatic rings. The minimum absolute atomic E-state index is 0.0415. The van der Waals surface area contributed by atoms with Crippen LogP contribution in [0.25, 0.3) is 0 Å². The van der Waals surface area contributed by atoms with Gasteiger partial charge in [0.1, 0.15) is 13.2 Å². The molecular weight excluding hydrogens is 392 g/mol. The highest BCUT2D eigenvalue weighted by Crippen LogP contribution is 2.36. The van der Waals surface area contributed by atoms with Crippen LogP contribution in [0.3, 0.4) is 0 Å². The second kappa shape index (κ2) is 9.37. The van der Waals surface area contributed by atoms with E-state index in [1.807, 2.05) is 0 Å². The van der Waals surface area contributed by atoms with E-state index in [0.717, 1.165) is 24.3 Å². The van der Waals surface area contributed by atoms with Crippen LogP contribution in [0.2, 0.25) is 0 Å². The number of phenols is 6. The molecule has 0 amide bonds. The zero-order valence-electron chi connectivity index (χ0n) is 14.9. The summed E-state index contributed by atoms with van der Waals surface area (Å²) in [5, 5.41) is 55.8. The molecule has 0 aromatic heterocycles. The van der Waals surface area contributed by atoms with Crippen LogP contribution in [-0.4, -0.2) is 69.0 Å². The summed E-state index contributed by atoms with van der Waals surface area (Å²) in [4.78, 5) is 23.5. The van der Waals surface area contributed by atoms with Crippen LogP contribution in [0.15, 0.2) is 24.3 Å². The third-order valence-electron chi connectivity index (χ3n) is 3.53. The number of hydrogen-bond donors (Lipinski definition) is 6. The smallest absolute Gasteiger partial charge is 0.338 e. The third kappa shape index (κ3) is 5.56. The predicted molar refractivity (Wildman–Crippen MR) is 94.3 cm³/mol. The summed E-state index contributed by atoms with van der Waals surface area (Å²) < 4.78 is 14.8. The number of hydrogen-bond acceptors (Lipinski definition) is 11. The first-order valence-electron chi connectivity index (χ1n) is 8.12. The highest BCUT2D eigenvalue weighted by molar-refractivity contribution is 5.91. The minimum Gasteiger partial charge on any atom is -0.504 e. The van der Waals surface area contributed by atoms with Gasteiger partial charge in [-0.15, -0.1) is 0 Å². The van der Waals surface area contributed by atoms with E-state index in [2.05, 4.69) is 0 Å². The maximum atomic E-state index is 11.8. The molecule has 29 heavy (non-hydrogen) atoms.